The highest BCUT2D eigenvalue weighted by atomic mass is 16.5. The molecule has 0 spiro atoms. The van der Waals surface area contributed by atoms with Crippen LogP contribution >= 0.6 is 0 Å². The maximum atomic E-state index is 5.68. The summed E-state index contributed by atoms with van der Waals surface area (Å²) < 4.78 is 5.68. The Labute approximate surface area is 120 Å². The van der Waals surface area contributed by atoms with E-state index in [-0.39, 0.29) is 0 Å². The largest absolute Gasteiger partial charge is 0.454 e. The molecule has 1 unspecified atom stereocenters. The molecular weight excluding hydrogens is 250 g/mol. The molecule has 0 bridgehead atoms. The first-order chi connectivity index (χ1) is 9.83. The van der Waals surface area contributed by atoms with Gasteiger partial charge >= 0.3 is 0 Å². The Morgan fingerprint density at radius 1 is 1.15 bits per heavy atom. The Bertz CT molecular complexity index is 499. The van der Waals surface area contributed by atoms with Gasteiger partial charge in [-0.15, -0.1) is 0 Å². The van der Waals surface area contributed by atoms with Crippen LogP contribution in [-0.4, -0.2) is 16.5 Å². The van der Waals surface area contributed by atoms with Crippen molar-refractivity contribution in [3.05, 3.63) is 48.5 Å². The van der Waals surface area contributed by atoms with Gasteiger partial charge in [0, 0.05) is 12.2 Å². The SMILES string of the molecule is CCCNC(CC)c1ccc(Oc2cccnc2)cn1. The van der Waals surface area contributed by atoms with Gasteiger partial charge in [0.15, 0.2) is 0 Å². The number of pyridine rings is 2. The highest BCUT2D eigenvalue weighted by Gasteiger charge is 2.09. The highest BCUT2D eigenvalue weighted by Crippen LogP contribution is 2.21. The minimum Gasteiger partial charge on any atom is -0.454 e. The van der Waals surface area contributed by atoms with Gasteiger partial charge in [-0.05, 0) is 43.7 Å². The summed E-state index contributed by atoms with van der Waals surface area (Å²) in [6.07, 6.45) is 7.32. The third kappa shape index (κ3) is 4.03. The van der Waals surface area contributed by atoms with Crippen molar-refractivity contribution in [2.24, 2.45) is 0 Å². The fraction of sp³-hybridized carbons (Fsp3) is 0.375. The Balaban J connectivity index is 2.02. The summed E-state index contributed by atoms with van der Waals surface area (Å²) >= 11 is 0. The summed E-state index contributed by atoms with van der Waals surface area (Å²) in [7, 11) is 0. The quantitative estimate of drug-likeness (QED) is 0.833. The Morgan fingerprint density at radius 3 is 2.60 bits per heavy atom. The molecule has 0 aliphatic heterocycles. The van der Waals surface area contributed by atoms with Gasteiger partial charge in [0.2, 0.25) is 0 Å². The molecule has 0 amide bonds. The maximum Gasteiger partial charge on any atom is 0.145 e. The standard InChI is InChI=1S/C16H21N3O/c1-3-9-18-15(4-2)16-8-7-14(12-19-16)20-13-6-5-10-17-11-13/h5-8,10-12,15,18H,3-4,9H2,1-2H3. The first kappa shape index (κ1) is 14.5. The molecule has 1 atom stereocenters. The fourth-order valence-electron chi connectivity index (χ4n) is 1.98. The van der Waals surface area contributed by atoms with Crippen LogP contribution in [-0.2, 0) is 0 Å². The van der Waals surface area contributed by atoms with Gasteiger partial charge in [-0.1, -0.05) is 13.8 Å². The molecule has 0 aliphatic carbocycles. The van der Waals surface area contributed by atoms with Crippen LogP contribution in [0.1, 0.15) is 38.4 Å². The third-order valence-corrected chi connectivity index (χ3v) is 3.04. The number of hydrogen-bond acceptors (Lipinski definition) is 4. The third-order valence-electron chi connectivity index (χ3n) is 3.04. The van der Waals surface area contributed by atoms with Gasteiger partial charge in [0.1, 0.15) is 11.5 Å². The smallest absolute Gasteiger partial charge is 0.145 e. The maximum absolute atomic E-state index is 5.68. The predicted octanol–water partition coefficient (Wildman–Crippen LogP) is 3.72. The number of nitrogens with zero attached hydrogens (tertiary/aromatic N) is 2. The van der Waals surface area contributed by atoms with Crippen LogP contribution in [0.5, 0.6) is 11.5 Å². The van der Waals surface area contributed by atoms with Crippen LogP contribution in [0.3, 0.4) is 0 Å². The van der Waals surface area contributed by atoms with Crippen LogP contribution in [0.25, 0.3) is 0 Å². The first-order valence-electron chi connectivity index (χ1n) is 7.10. The van der Waals surface area contributed by atoms with Crippen molar-refractivity contribution in [2.75, 3.05) is 6.54 Å². The molecule has 0 radical (unpaired) electrons. The van der Waals surface area contributed by atoms with Crippen molar-refractivity contribution in [1.82, 2.24) is 15.3 Å². The number of ether oxygens (including phenoxy) is 1. The van der Waals surface area contributed by atoms with E-state index in [0.717, 1.165) is 36.6 Å². The van der Waals surface area contributed by atoms with E-state index in [4.69, 9.17) is 4.74 Å². The average molecular weight is 271 g/mol. The van der Waals surface area contributed by atoms with Crippen LogP contribution in [0, 0.1) is 0 Å². The monoisotopic (exact) mass is 271 g/mol. The molecular formula is C16H21N3O. The van der Waals surface area contributed by atoms with Gasteiger partial charge in [0.25, 0.3) is 0 Å². The zero-order valence-electron chi connectivity index (χ0n) is 12.0. The van der Waals surface area contributed by atoms with Crippen molar-refractivity contribution in [3.8, 4) is 11.5 Å². The van der Waals surface area contributed by atoms with E-state index in [9.17, 15) is 0 Å². The Hall–Kier alpha value is -1.94. The van der Waals surface area contributed by atoms with E-state index >= 15 is 0 Å². The molecule has 0 saturated heterocycles. The highest BCUT2D eigenvalue weighted by molar-refractivity contribution is 5.28. The minimum absolute atomic E-state index is 0.308. The van der Waals surface area contributed by atoms with Crippen LogP contribution in [0.15, 0.2) is 42.9 Å². The van der Waals surface area contributed by atoms with E-state index in [1.807, 2.05) is 24.3 Å². The summed E-state index contributed by atoms with van der Waals surface area (Å²) in [6.45, 7) is 5.33. The zero-order chi connectivity index (χ0) is 14.2. The van der Waals surface area contributed by atoms with E-state index < -0.39 is 0 Å². The minimum atomic E-state index is 0.308. The molecule has 106 valence electrons. The van der Waals surface area contributed by atoms with Crippen LogP contribution < -0.4 is 10.1 Å². The summed E-state index contributed by atoms with van der Waals surface area (Å²) in [5.41, 5.74) is 1.06. The lowest BCUT2D eigenvalue weighted by Crippen LogP contribution is -2.22. The van der Waals surface area contributed by atoms with E-state index in [2.05, 4.69) is 29.1 Å². The summed E-state index contributed by atoms with van der Waals surface area (Å²) in [5.74, 6) is 1.45. The molecule has 0 aliphatic rings. The second kappa shape index (κ2) is 7.60. The molecule has 2 heterocycles. The Kier molecular flexibility index (Phi) is 5.50. The molecule has 2 rings (SSSR count). The second-order valence-electron chi connectivity index (χ2n) is 4.62. The van der Waals surface area contributed by atoms with Crippen molar-refractivity contribution in [1.29, 1.82) is 0 Å². The molecule has 2 aromatic rings. The second-order valence-corrected chi connectivity index (χ2v) is 4.62. The Morgan fingerprint density at radius 2 is 2.00 bits per heavy atom. The average Bonchev–Trinajstić information content (AvgIpc) is 2.50. The van der Waals surface area contributed by atoms with Crippen molar-refractivity contribution < 1.29 is 4.74 Å². The molecule has 4 nitrogen and oxygen atoms in total. The van der Waals surface area contributed by atoms with E-state index in [1.165, 1.54) is 0 Å². The van der Waals surface area contributed by atoms with Gasteiger partial charge in [-0.25, -0.2) is 0 Å². The van der Waals surface area contributed by atoms with E-state index in [0.29, 0.717) is 6.04 Å². The molecule has 0 aromatic carbocycles. The van der Waals surface area contributed by atoms with E-state index in [1.54, 1.807) is 18.6 Å². The number of rotatable bonds is 7. The molecule has 1 N–H and O–H groups in total. The fourth-order valence-corrected chi connectivity index (χ4v) is 1.98. The van der Waals surface area contributed by atoms with Gasteiger partial charge < -0.3 is 10.1 Å². The number of nitrogens with one attached hydrogen (secondary N) is 1. The van der Waals surface area contributed by atoms with Crippen molar-refractivity contribution in [2.45, 2.75) is 32.7 Å². The first-order valence-corrected chi connectivity index (χ1v) is 7.10. The predicted molar refractivity (Wildman–Crippen MR) is 79.9 cm³/mol. The summed E-state index contributed by atoms with van der Waals surface area (Å²) in [6, 6.07) is 7.99. The molecule has 4 heteroatoms. The molecule has 0 fully saturated rings. The topological polar surface area (TPSA) is 47.0 Å². The molecule has 2 aromatic heterocycles. The summed E-state index contributed by atoms with van der Waals surface area (Å²) in [4.78, 5) is 8.51. The molecule has 0 saturated carbocycles. The number of aromatic nitrogens is 2. The molecule has 20 heavy (non-hydrogen) atoms. The lowest BCUT2D eigenvalue weighted by atomic mass is 10.1. The van der Waals surface area contributed by atoms with Gasteiger partial charge in [-0.2, -0.15) is 0 Å². The van der Waals surface area contributed by atoms with Crippen LogP contribution in [0.4, 0.5) is 0 Å². The van der Waals surface area contributed by atoms with Crippen molar-refractivity contribution >= 4 is 0 Å². The lowest BCUT2D eigenvalue weighted by molar-refractivity contribution is 0.472. The summed E-state index contributed by atoms with van der Waals surface area (Å²) in [5, 5.41) is 3.49. The van der Waals surface area contributed by atoms with Gasteiger partial charge in [0.05, 0.1) is 18.1 Å². The van der Waals surface area contributed by atoms with Crippen molar-refractivity contribution in [3.63, 3.8) is 0 Å². The lowest BCUT2D eigenvalue weighted by Gasteiger charge is -2.16. The zero-order valence-corrected chi connectivity index (χ0v) is 12.0. The normalized spacial score (nSPS) is 12.1. The number of hydrogen-bond donors (Lipinski definition) is 1. The van der Waals surface area contributed by atoms with Crippen LogP contribution in [0.2, 0.25) is 0 Å². The van der Waals surface area contributed by atoms with Gasteiger partial charge in [-0.3, -0.25) is 9.97 Å².